The number of nitrogens with one attached hydrogen (secondary N) is 1. The lowest BCUT2D eigenvalue weighted by Gasteiger charge is -2.30. The van der Waals surface area contributed by atoms with E-state index in [9.17, 15) is 0 Å². The average Bonchev–Trinajstić information content (AvgIpc) is 2.55. The van der Waals surface area contributed by atoms with E-state index in [-0.39, 0.29) is 0 Å². The van der Waals surface area contributed by atoms with Crippen molar-refractivity contribution in [3.8, 4) is 5.75 Å². The number of aromatic nitrogens is 3. The van der Waals surface area contributed by atoms with Gasteiger partial charge in [0.25, 0.3) is 0 Å². The Morgan fingerprint density at radius 3 is 3.00 bits per heavy atom. The molecular weight excluding hydrogens is 290 g/mol. The Kier molecular flexibility index (Phi) is 4.60. The second kappa shape index (κ2) is 6.81. The SMILES string of the molecule is COc1ccc(C)cc1Nc1cnnc(N2CCCC(C)C2)n1. The number of hydrogen-bond donors (Lipinski definition) is 1. The van der Waals surface area contributed by atoms with E-state index in [0.29, 0.717) is 17.7 Å². The van der Waals surface area contributed by atoms with Crippen molar-refractivity contribution in [2.24, 2.45) is 5.92 Å². The number of benzene rings is 1. The molecule has 2 aromatic rings. The van der Waals surface area contributed by atoms with Crippen LogP contribution < -0.4 is 15.0 Å². The molecule has 1 aliphatic heterocycles. The molecule has 122 valence electrons. The van der Waals surface area contributed by atoms with E-state index < -0.39 is 0 Å². The van der Waals surface area contributed by atoms with E-state index in [0.717, 1.165) is 30.1 Å². The Bertz CT molecular complexity index is 676. The van der Waals surface area contributed by atoms with Crippen molar-refractivity contribution in [1.82, 2.24) is 15.2 Å². The van der Waals surface area contributed by atoms with Crippen molar-refractivity contribution in [2.75, 3.05) is 30.4 Å². The molecule has 1 aromatic heterocycles. The van der Waals surface area contributed by atoms with E-state index in [1.54, 1.807) is 13.3 Å². The van der Waals surface area contributed by atoms with Crippen LogP contribution in [0, 0.1) is 12.8 Å². The van der Waals surface area contributed by atoms with Gasteiger partial charge < -0.3 is 15.0 Å². The third kappa shape index (κ3) is 3.70. The second-order valence-electron chi connectivity index (χ2n) is 6.16. The molecule has 1 aliphatic rings. The maximum atomic E-state index is 5.40. The number of nitrogens with zero attached hydrogens (tertiary/aromatic N) is 4. The average molecular weight is 313 g/mol. The predicted molar refractivity (Wildman–Crippen MR) is 91.5 cm³/mol. The molecule has 23 heavy (non-hydrogen) atoms. The minimum atomic E-state index is 0.667. The molecule has 0 spiro atoms. The van der Waals surface area contributed by atoms with Crippen molar-refractivity contribution in [1.29, 1.82) is 0 Å². The lowest BCUT2D eigenvalue weighted by molar-refractivity contribution is 0.416. The van der Waals surface area contributed by atoms with Crippen molar-refractivity contribution in [2.45, 2.75) is 26.7 Å². The Labute approximate surface area is 136 Å². The first-order chi connectivity index (χ1) is 11.2. The number of rotatable bonds is 4. The Balaban J connectivity index is 1.81. The summed E-state index contributed by atoms with van der Waals surface area (Å²) < 4.78 is 5.40. The first kappa shape index (κ1) is 15.5. The molecule has 6 heteroatoms. The number of methoxy groups -OCH3 is 1. The van der Waals surface area contributed by atoms with Crippen LogP contribution >= 0.6 is 0 Å². The summed E-state index contributed by atoms with van der Waals surface area (Å²) in [6, 6.07) is 5.99. The predicted octanol–water partition coefficient (Wildman–Crippen LogP) is 3.17. The highest BCUT2D eigenvalue weighted by Gasteiger charge is 2.19. The Morgan fingerprint density at radius 2 is 2.22 bits per heavy atom. The fraction of sp³-hybridized carbons (Fsp3) is 0.471. The van der Waals surface area contributed by atoms with Crippen LogP contribution in [0.5, 0.6) is 5.75 Å². The molecule has 0 radical (unpaired) electrons. The van der Waals surface area contributed by atoms with Crippen LogP contribution in [0.15, 0.2) is 24.4 Å². The fourth-order valence-electron chi connectivity index (χ4n) is 2.92. The van der Waals surface area contributed by atoms with Gasteiger partial charge in [-0.05, 0) is 43.4 Å². The zero-order valence-electron chi connectivity index (χ0n) is 13.9. The summed E-state index contributed by atoms with van der Waals surface area (Å²) in [5, 5.41) is 11.6. The van der Waals surface area contributed by atoms with E-state index in [1.165, 1.54) is 12.8 Å². The van der Waals surface area contributed by atoms with Crippen LogP contribution in [0.3, 0.4) is 0 Å². The van der Waals surface area contributed by atoms with E-state index >= 15 is 0 Å². The van der Waals surface area contributed by atoms with Crippen LogP contribution in [0.1, 0.15) is 25.3 Å². The van der Waals surface area contributed by atoms with Gasteiger partial charge in [0.2, 0.25) is 5.95 Å². The topological polar surface area (TPSA) is 63.2 Å². The third-order valence-corrected chi connectivity index (χ3v) is 4.11. The normalized spacial score (nSPS) is 17.9. The summed E-state index contributed by atoms with van der Waals surface area (Å²) >= 11 is 0. The van der Waals surface area contributed by atoms with Crippen LogP contribution in [-0.4, -0.2) is 35.4 Å². The van der Waals surface area contributed by atoms with Gasteiger partial charge >= 0.3 is 0 Å². The van der Waals surface area contributed by atoms with Gasteiger partial charge in [0, 0.05) is 13.1 Å². The minimum absolute atomic E-state index is 0.667. The van der Waals surface area contributed by atoms with Crippen molar-refractivity contribution in [3.63, 3.8) is 0 Å². The van der Waals surface area contributed by atoms with Gasteiger partial charge in [-0.3, -0.25) is 0 Å². The van der Waals surface area contributed by atoms with Crippen LogP contribution in [0.2, 0.25) is 0 Å². The van der Waals surface area contributed by atoms with Crippen LogP contribution in [-0.2, 0) is 0 Å². The van der Waals surface area contributed by atoms with Gasteiger partial charge in [-0.15, -0.1) is 5.10 Å². The highest BCUT2D eigenvalue weighted by molar-refractivity contribution is 5.65. The summed E-state index contributed by atoms with van der Waals surface area (Å²) in [4.78, 5) is 6.83. The molecule has 2 heterocycles. The standard InChI is InChI=1S/C17H23N5O/c1-12-6-7-15(23-3)14(9-12)19-16-10-18-21-17(20-16)22-8-4-5-13(2)11-22/h6-7,9-10,13H,4-5,8,11H2,1-3H3,(H,19,20,21). The number of hydrogen-bond acceptors (Lipinski definition) is 6. The molecular formula is C17H23N5O. The maximum absolute atomic E-state index is 5.40. The van der Waals surface area contributed by atoms with Crippen LogP contribution in [0.25, 0.3) is 0 Å². The van der Waals surface area contributed by atoms with Gasteiger partial charge in [0.15, 0.2) is 5.82 Å². The van der Waals surface area contributed by atoms with Gasteiger partial charge in [-0.2, -0.15) is 10.1 Å². The molecule has 3 rings (SSSR count). The summed E-state index contributed by atoms with van der Waals surface area (Å²) in [7, 11) is 1.66. The largest absolute Gasteiger partial charge is 0.495 e. The van der Waals surface area contributed by atoms with E-state index in [2.05, 4.69) is 32.3 Å². The molecule has 1 unspecified atom stereocenters. The second-order valence-corrected chi connectivity index (χ2v) is 6.16. The van der Waals surface area contributed by atoms with E-state index in [4.69, 9.17) is 4.74 Å². The number of aryl methyl sites for hydroxylation is 1. The summed E-state index contributed by atoms with van der Waals surface area (Å²) in [5.41, 5.74) is 2.03. The molecule has 0 bridgehead atoms. The lowest BCUT2D eigenvalue weighted by atomic mass is 10.0. The molecule has 0 aliphatic carbocycles. The molecule has 6 nitrogen and oxygen atoms in total. The van der Waals surface area contributed by atoms with Crippen molar-refractivity contribution < 1.29 is 4.74 Å². The number of anilines is 3. The smallest absolute Gasteiger partial charge is 0.247 e. The number of ether oxygens (including phenoxy) is 1. The molecule has 0 saturated carbocycles. The summed E-state index contributed by atoms with van der Waals surface area (Å²) in [5.74, 6) is 2.81. The van der Waals surface area contributed by atoms with Crippen molar-refractivity contribution >= 4 is 17.5 Å². The highest BCUT2D eigenvalue weighted by Crippen LogP contribution is 2.28. The fourth-order valence-corrected chi connectivity index (χ4v) is 2.92. The van der Waals surface area contributed by atoms with Crippen molar-refractivity contribution in [3.05, 3.63) is 30.0 Å². The summed E-state index contributed by atoms with van der Waals surface area (Å²) in [6.45, 7) is 6.28. The Hall–Kier alpha value is -2.37. The highest BCUT2D eigenvalue weighted by atomic mass is 16.5. The quantitative estimate of drug-likeness (QED) is 0.935. The lowest BCUT2D eigenvalue weighted by Crippen LogP contribution is -2.35. The van der Waals surface area contributed by atoms with Gasteiger partial charge in [0.1, 0.15) is 5.75 Å². The van der Waals surface area contributed by atoms with Gasteiger partial charge in [-0.1, -0.05) is 13.0 Å². The summed E-state index contributed by atoms with van der Waals surface area (Å²) in [6.07, 6.45) is 4.08. The molecule has 1 N–H and O–H groups in total. The first-order valence-corrected chi connectivity index (χ1v) is 8.02. The molecule has 0 amide bonds. The van der Waals surface area contributed by atoms with Gasteiger partial charge in [0.05, 0.1) is 19.0 Å². The van der Waals surface area contributed by atoms with Crippen LogP contribution in [0.4, 0.5) is 17.5 Å². The minimum Gasteiger partial charge on any atom is -0.495 e. The molecule has 1 aromatic carbocycles. The monoisotopic (exact) mass is 313 g/mol. The Morgan fingerprint density at radius 1 is 1.35 bits per heavy atom. The van der Waals surface area contributed by atoms with E-state index in [1.807, 2.05) is 25.1 Å². The molecule has 1 saturated heterocycles. The third-order valence-electron chi connectivity index (χ3n) is 4.11. The maximum Gasteiger partial charge on any atom is 0.247 e. The number of piperidine rings is 1. The molecule has 1 fully saturated rings. The van der Waals surface area contributed by atoms with Gasteiger partial charge in [-0.25, -0.2) is 0 Å². The zero-order chi connectivity index (χ0) is 16.2. The molecule has 1 atom stereocenters. The first-order valence-electron chi connectivity index (χ1n) is 8.02. The zero-order valence-corrected chi connectivity index (χ0v) is 13.9.